The molecule has 0 aromatic heterocycles. The molecular weight excluding hydrogens is 214 g/mol. The molecule has 1 heterocycles. The van der Waals surface area contributed by atoms with Gasteiger partial charge in [0.15, 0.2) is 0 Å². The molecule has 1 atom stereocenters. The van der Waals surface area contributed by atoms with Crippen LogP contribution in [0.25, 0.3) is 0 Å². The number of allylic oxidation sites excluding steroid dienone is 3. The Balaban J connectivity index is 2.50. The molecule has 96 valence electrons. The van der Waals surface area contributed by atoms with Gasteiger partial charge in [0.05, 0.1) is 6.04 Å². The van der Waals surface area contributed by atoms with Crippen molar-refractivity contribution in [2.24, 2.45) is 5.73 Å². The van der Waals surface area contributed by atoms with E-state index in [-0.39, 0.29) is 11.9 Å². The van der Waals surface area contributed by atoms with Crippen LogP contribution < -0.4 is 5.73 Å². The topological polar surface area (TPSA) is 49.6 Å². The molecule has 1 rings (SSSR count). The number of likely N-dealkylation sites (N-methyl/N-ethyl adjacent to an activating group) is 1. The highest BCUT2D eigenvalue weighted by Crippen LogP contribution is 2.09. The molecule has 0 aromatic carbocycles. The Hall–Kier alpha value is -1.13. The van der Waals surface area contributed by atoms with Gasteiger partial charge in [-0.15, -0.1) is 0 Å². The van der Waals surface area contributed by atoms with Crippen LogP contribution in [-0.2, 0) is 4.79 Å². The van der Waals surface area contributed by atoms with E-state index in [2.05, 4.69) is 16.8 Å². The van der Waals surface area contributed by atoms with Gasteiger partial charge in [-0.2, -0.15) is 0 Å². The Labute approximate surface area is 104 Å². The van der Waals surface area contributed by atoms with E-state index in [4.69, 9.17) is 5.73 Å². The van der Waals surface area contributed by atoms with Crippen LogP contribution in [0.2, 0.25) is 0 Å². The third-order valence-corrected chi connectivity index (χ3v) is 3.11. The standard InChI is InChI=1S/C13H23N3O/c1-3-4-5-6-7-12(13(14)17)16-10-8-15(2)9-11-16/h3-6,12H,7-11H2,1-2H3,(H2,14,17)/b4-3-,6-5-. The molecule has 4 heteroatoms. The van der Waals surface area contributed by atoms with Gasteiger partial charge < -0.3 is 10.6 Å². The maximum Gasteiger partial charge on any atom is 0.235 e. The predicted octanol–water partition coefficient (Wildman–Crippen LogP) is 0.610. The monoisotopic (exact) mass is 237 g/mol. The maximum absolute atomic E-state index is 11.5. The number of carbonyl (C=O) groups excluding carboxylic acids is 1. The van der Waals surface area contributed by atoms with Crippen molar-refractivity contribution < 1.29 is 4.79 Å². The molecule has 2 N–H and O–H groups in total. The summed E-state index contributed by atoms with van der Waals surface area (Å²) in [5.74, 6) is -0.223. The number of primary amides is 1. The van der Waals surface area contributed by atoms with Crippen LogP contribution in [0.4, 0.5) is 0 Å². The smallest absolute Gasteiger partial charge is 0.235 e. The van der Waals surface area contributed by atoms with Crippen molar-refractivity contribution in [2.45, 2.75) is 19.4 Å². The van der Waals surface area contributed by atoms with Crippen LogP contribution in [0.15, 0.2) is 24.3 Å². The van der Waals surface area contributed by atoms with Crippen molar-refractivity contribution in [2.75, 3.05) is 33.2 Å². The summed E-state index contributed by atoms with van der Waals surface area (Å²) in [7, 11) is 2.10. The zero-order chi connectivity index (χ0) is 12.7. The highest BCUT2D eigenvalue weighted by atomic mass is 16.1. The first-order valence-electron chi connectivity index (χ1n) is 6.15. The minimum absolute atomic E-state index is 0.162. The number of amides is 1. The molecule has 1 aliphatic rings. The minimum atomic E-state index is -0.223. The van der Waals surface area contributed by atoms with E-state index in [0.29, 0.717) is 6.42 Å². The average Bonchev–Trinajstić information content (AvgIpc) is 2.30. The van der Waals surface area contributed by atoms with Crippen LogP contribution in [0.1, 0.15) is 13.3 Å². The second-order valence-corrected chi connectivity index (χ2v) is 4.45. The second-order valence-electron chi connectivity index (χ2n) is 4.45. The Bertz CT molecular complexity index is 291. The highest BCUT2D eigenvalue weighted by molar-refractivity contribution is 5.80. The Kier molecular flexibility index (Phi) is 5.94. The van der Waals surface area contributed by atoms with Crippen molar-refractivity contribution in [3.8, 4) is 0 Å². The molecule has 1 fully saturated rings. The molecule has 0 saturated carbocycles. The zero-order valence-electron chi connectivity index (χ0n) is 10.8. The summed E-state index contributed by atoms with van der Waals surface area (Å²) in [5.41, 5.74) is 5.47. The van der Waals surface area contributed by atoms with Crippen LogP contribution in [0.5, 0.6) is 0 Å². The summed E-state index contributed by atoms with van der Waals surface area (Å²) in [6.45, 7) is 5.81. The van der Waals surface area contributed by atoms with Crippen LogP contribution in [0, 0.1) is 0 Å². The fraction of sp³-hybridized carbons (Fsp3) is 0.615. The van der Waals surface area contributed by atoms with Crippen molar-refractivity contribution in [3.05, 3.63) is 24.3 Å². The summed E-state index contributed by atoms with van der Waals surface area (Å²) in [5, 5.41) is 0. The molecule has 0 bridgehead atoms. The normalized spacial score (nSPS) is 21.3. The molecule has 1 saturated heterocycles. The number of piperazine rings is 1. The predicted molar refractivity (Wildman–Crippen MR) is 70.6 cm³/mol. The maximum atomic E-state index is 11.5. The van der Waals surface area contributed by atoms with Gasteiger partial charge in [-0.3, -0.25) is 9.69 Å². The Morgan fingerprint density at radius 1 is 1.29 bits per heavy atom. The lowest BCUT2D eigenvalue weighted by atomic mass is 10.1. The van der Waals surface area contributed by atoms with Gasteiger partial charge in [0.2, 0.25) is 5.91 Å². The molecule has 0 aliphatic carbocycles. The molecule has 0 radical (unpaired) electrons. The van der Waals surface area contributed by atoms with Gasteiger partial charge in [-0.05, 0) is 20.4 Å². The quantitative estimate of drug-likeness (QED) is 0.713. The molecule has 0 aromatic rings. The molecule has 1 amide bonds. The van der Waals surface area contributed by atoms with Gasteiger partial charge in [-0.25, -0.2) is 0 Å². The van der Waals surface area contributed by atoms with E-state index in [1.165, 1.54) is 0 Å². The number of hydrogen-bond donors (Lipinski definition) is 1. The van der Waals surface area contributed by atoms with E-state index in [0.717, 1.165) is 26.2 Å². The first-order valence-corrected chi connectivity index (χ1v) is 6.15. The Morgan fingerprint density at radius 2 is 1.94 bits per heavy atom. The van der Waals surface area contributed by atoms with Crippen molar-refractivity contribution in [3.63, 3.8) is 0 Å². The molecular formula is C13H23N3O. The van der Waals surface area contributed by atoms with Gasteiger partial charge >= 0.3 is 0 Å². The third-order valence-electron chi connectivity index (χ3n) is 3.11. The van der Waals surface area contributed by atoms with Crippen LogP contribution in [0.3, 0.4) is 0 Å². The highest BCUT2D eigenvalue weighted by Gasteiger charge is 2.25. The van der Waals surface area contributed by atoms with E-state index in [1.54, 1.807) is 0 Å². The molecule has 17 heavy (non-hydrogen) atoms. The van der Waals surface area contributed by atoms with E-state index in [1.807, 2.05) is 31.2 Å². The number of rotatable bonds is 5. The largest absolute Gasteiger partial charge is 0.368 e. The van der Waals surface area contributed by atoms with Gasteiger partial charge in [0, 0.05) is 26.2 Å². The first-order chi connectivity index (χ1) is 8.15. The molecule has 1 aliphatic heterocycles. The number of nitrogens with zero attached hydrogens (tertiary/aromatic N) is 2. The van der Waals surface area contributed by atoms with Crippen molar-refractivity contribution in [1.29, 1.82) is 0 Å². The van der Waals surface area contributed by atoms with E-state index < -0.39 is 0 Å². The lowest BCUT2D eigenvalue weighted by Crippen LogP contribution is -2.53. The number of nitrogens with two attached hydrogens (primary N) is 1. The number of hydrogen-bond acceptors (Lipinski definition) is 3. The Morgan fingerprint density at radius 3 is 2.47 bits per heavy atom. The van der Waals surface area contributed by atoms with E-state index >= 15 is 0 Å². The van der Waals surface area contributed by atoms with Crippen molar-refractivity contribution >= 4 is 5.91 Å². The summed E-state index contributed by atoms with van der Waals surface area (Å²) < 4.78 is 0. The first kappa shape index (κ1) is 13.9. The fourth-order valence-corrected chi connectivity index (χ4v) is 1.98. The summed E-state index contributed by atoms with van der Waals surface area (Å²) in [6, 6.07) is -0.162. The zero-order valence-corrected chi connectivity index (χ0v) is 10.8. The fourth-order valence-electron chi connectivity index (χ4n) is 1.98. The lowest BCUT2D eigenvalue weighted by Gasteiger charge is -2.36. The van der Waals surface area contributed by atoms with Crippen molar-refractivity contribution in [1.82, 2.24) is 9.80 Å². The number of carbonyl (C=O) groups is 1. The minimum Gasteiger partial charge on any atom is -0.368 e. The molecule has 4 nitrogen and oxygen atoms in total. The van der Waals surface area contributed by atoms with Crippen LogP contribution in [-0.4, -0.2) is 55.0 Å². The second kappa shape index (κ2) is 7.25. The third kappa shape index (κ3) is 4.71. The summed E-state index contributed by atoms with van der Waals surface area (Å²) in [4.78, 5) is 15.9. The SMILES string of the molecule is C/C=C\C=C/CC(C(N)=O)N1CCN(C)CC1. The van der Waals surface area contributed by atoms with Crippen LogP contribution >= 0.6 is 0 Å². The van der Waals surface area contributed by atoms with Gasteiger partial charge in [0.1, 0.15) is 0 Å². The lowest BCUT2D eigenvalue weighted by molar-refractivity contribution is -0.123. The summed E-state index contributed by atoms with van der Waals surface area (Å²) >= 11 is 0. The average molecular weight is 237 g/mol. The molecule has 0 spiro atoms. The van der Waals surface area contributed by atoms with Gasteiger partial charge in [0.25, 0.3) is 0 Å². The summed E-state index contributed by atoms with van der Waals surface area (Å²) in [6.07, 6.45) is 8.59. The molecule has 1 unspecified atom stereocenters. The van der Waals surface area contributed by atoms with E-state index in [9.17, 15) is 4.79 Å². The van der Waals surface area contributed by atoms with Gasteiger partial charge in [-0.1, -0.05) is 24.3 Å².